The summed E-state index contributed by atoms with van der Waals surface area (Å²) < 4.78 is 45.8. The summed E-state index contributed by atoms with van der Waals surface area (Å²) in [4.78, 5) is 0. The van der Waals surface area contributed by atoms with Gasteiger partial charge in [-0.2, -0.15) is 8.42 Å². The molecule has 2 atom stereocenters. The van der Waals surface area contributed by atoms with E-state index in [4.69, 9.17) is 9.47 Å². The van der Waals surface area contributed by atoms with E-state index < -0.39 is 29.4 Å². The molecule has 182 valence electrons. The Hall–Kier alpha value is -1.20. The quantitative estimate of drug-likeness (QED) is 0.393. The number of hydrogen-bond donors (Lipinski definition) is 1. The molecule has 2 fully saturated rings. The predicted octanol–water partition coefficient (Wildman–Crippen LogP) is 5.66. The predicted molar refractivity (Wildman–Crippen MR) is 136 cm³/mol. The topological polar surface area (TPSA) is 72.8 Å². The Kier molecular flexibility index (Phi) is 8.32. The highest BCUT2D eigenvalue weighted by atomic mass is 32.2. The second kappa shape index (κ2) is 11.0. The molecule has 0 aliphatic heterocycles. The van der Waals surface area contributed by atoms with E-state index in [-0.39, 0.29) is 0 Å². The zero-order valence-corrected chi connectivity index (χ0v) is 21.5. The third kappa shape index (κ3) is 5.40. The summed E-state index contributed by atoms with van der Waals surface area (Å²) in [6.45, 7) is 0. The van der Waals surface area contributed by atoms with Crippen LogP contribution in [0, 0.1) is 0 Å². The molecule has 0 aromatic heterocycles. The highest BCUT2D eigenvalue weighted by molar-refractivity contribution is 7.86. The fraction of sp³-hybridized carbons (Fsp3) is 0.615. The second-order valence-electron chi connectivity index (χ2n) is 9.49. The average Bonchev–Trinajstić information content (AvgIpc) is 2.84. The number of benzene rings is 1. The molecule has 0 amide bonds. The lowest BCUT2D eigenvalue weighted by Gasteiger charge is -2.40. The van der Waals surface area contributed by atoms with Gasteiger partial charge in [-0.1, -0.05) is 76.8 Å². The van der Waals surface area contributed by atoms with Gasteiger partial charge in [0, 0.05) is 12.7 Å². The van der Waals surface area contributed by atoms with Crippen molar-refractivity contribution in [3.8, 4) is 0 Å². The summed E-state index contributed by atoms with van der Waals surface area (Å²) in [6, 6.07) is 8.49. The normalized spacial score (nSPS) is 25.6. The van der Waals surface area contributed by atoms with Crippen molar-refractivity contribution in [2.24, 2.45) is 0 Å². The van der Waals surface area contributed by atoms with Crippen LogP contribution in [0.1, 0.15) is 69.8 Å². The third-order valence-corrected chi connectivity index (χ3v) is 12.2. The summed E-state index contributed by atoms with van der Waals surface area (Å²) in [5, 5.41) is 0.197. The van der Waals surface area contributed by atoms with Crippen LogP contribution in [0.2, 0.25) is 0 Å². The van der Waals surface area contributed by atoms with Crippen LogP contribution in [-0.2, 0) is 19.6 Å². The van der Waals surface area contributed by atoms with Crippen LogP contribution in [-0.4, -0.2) is 49.9 Å². The molecular formula is C26H37O5PS. The van der Waals surface area contributed by atoms with E-state index in [0.717, 1.165) is 11.1 Å². The van der Waals surface area contributed by atoms with Crippen molar-refractivity contribution < 1.29 is 22.4 Å². The van der Waals surface area contributed by atoms with Gasteiger partial charge in [0.15, 0.2) is 0 Å². The number of rotatable bonds is 7. The lowest BCUT2D eigenvalue weighted by molar-refractivity contribution is 0.145. The largest absolute Gasteiger partial charge is 0.496 e. The van der Waals surface area contributed by atoms with Crippen LogP contribution < -0.4 is 5.30 Å². The van der Waals surface area contributed by atoms with Crippen LogP contribution in [0.5, 0.6) is 0 Å². The molecule has 0 heterocycles. The Morgan fingerprint density at radius 3 is 2.00 bits per heavy atom. The lowest BCUT2D eigenvalue weighted by Crippen LogP contribution is -2.38. The third-order valence-electron chi connectivity index (χ3n) is 7.51. The van der Waals surface area contributed by atoms with Gasteiger partial charge in [-0.3, -0.25) is 4.55 Å². The number of methoxy groups -OCH3 is 2. The van der Waals surface area contributed by atoms with Gasteiger partial charge in [-0.25, -0.2) is 0 Å². The first kappa shape index (κ1) is 24.9. The lowest BCUT2D eigenvalue weighted by atomic mass is 9.92. The van der Waals surface area contributed by atoms with Crippen LogP contribution in [0.25, 0.3) is 5.57 Å². The standard InChI is InChI=1S/C26H37O5PS/c1-30-22-17-18-24(33(27,28)29)26(31-2)25(22)21-15-9-10-16-23(21)32(19-11-5-3-6-12-19)20-13-7-4-8-14-20/h9-10,15-20,24,26H,3-8,11-14H2,1-2H3,(H,27,28,29). The molecule has 0 spiro atoms. The Morgan fingerprint density at radius 1 is 0.909 bits per heavy atom. The molecule has 33 heavy (non-hydrogen) atoms. The molecule has 4 rings (SSSR count). The first-order valence-corrected chi connectivity index (χ1v) is 15.3. The van der Waals surface area contributed by atoms with Crippen LogP contribution >= 0.6 is 7.92 Å². The molecule has 3 aliphatic rings. The van der Waals surface area contributed by atoms with Crippen LogP contribution in [0.15, 0.2) is 42.2 Å². The van der Waals surface area contributed by atoms with Gasteiger partial charge in [0.05, 0.1) is 7.11 Å². The Balaban J connectivity index is 1.84. The van der Waals surface area contributed by atoms with Crippen molar-refractivity contribution in [2.45, 2.75) is 86.9 Å². The van der Waals surface area contributed by atoms with E-state index in [2.05, 4.69) is 18.2 Å². The van der Waals surface area contributed by atoms with E-state index in [1.54, 1.807) is 13.2 Å². The number of ether oxygens (including phenoxy) is 2. The molecular weight excluding hydrogens is 455 g/mol. The highest BCUT2D eigenvalue weighted by Crippen LogP contribution is 2.56. The van der Waals surface area contributed by atoms with Crippen molar-refractivity contribution in [1.29, 1.82) is 0 Å². The van der Waals surface area contributed by atoms with Crippen LogP contribution in [0.4, 0.5) is 0 Å². The van der Waals surface area contributed by atoms with Gasteiger partial charge >= 0.3 is 0 Å². The Bertz CT molecular complexity index is 956. The van der Waals surface area contributed by atoms with Gasteiger partial charge in [-0.15, -0.1) is 0 Å². The van der Waals surface area contributed by atoms with E-state index in [1.165, 1.54) is 82.7 Å². The maximum atomic E-state index is 12.2. The van der Waals surface area contributed by atoms with E-state index in [9.17, 15) is 13.0 Å². The molecule has 5 nitrogen and oxygen atoms in total. The molecule has 1 aromatic rings. The highest BCUT2D eigenvalue weighted by Gasteiger charge is 2.40. The molecule has 2 saturated carbocycles. The SMILES string of the molecule is COC1=C(c2ccccc2P(C2CCCCC2)C2CCCCC2)C(OC)C(S(=O)(=O)O)C=C1. The summed E-state index contributed by atoms with van der Waals surface area (Å²) in [6.07, 6.45) is 15.3. The summed E-state index contributed by atoms with van der Waals surface area (Å²) >= 11 is 0. The molecule has 7 heteroatoms. The van der Waals surface area contributed by atoms with E-state index in [0.29, 0.717) is 17.1 Å². The number of hydrogen-bond acceptors (Lipinski definition) is 4. The fourth-order valence-corrected chi connectivity index (χ4v) is 10.8. The molecule has 1 aromatic carbocycles. The van der Waals surface area contributed by atoms with E-state index >= 15 is 0 Å². The molecule has 0 bridgehead atoms. The van der Waals surface area contributed by atoms with Gasteiger partial charge < -0.3 is 9.47 Å². The van der Waals surface area contributed by atoms with Gasteiger partial charge in [0.25, 0.3) is 10.1 Å². The summed E-state index contributed by atoms with van der Waals surface area (Å²) in [5.74, 6) is 0.608. The first-order chi connectivity index (χ1) is 16.0. The van der Waals surface area contributed by atoms with Crippen LogP contribution in [0.3, 0.4) is 0 Å². The van der Waals surface area contributed by atoms with Crippen molar-refractivity contribution in [3.05, 3.63) is 47.7 Å². The minimum atomic E-state index is -4.33. The van der Waals surface area contributed by atoms with Gasteiger partial charge in [0.1, 0.15) is 17.1 Å². The smallest absolute Gasteiger partial charge is 0.274 e. The average molecular weight is 493 g/mol. The second-order valence-corrected chi connectivity index (χ2v) is 13.8. The molecule has 0 saturated heterocycles. The van der Waals surface area contributed by atoms with Gasteiger partial charge in [0.2, 0.25) is 0 Å². The van der Waals surface area contributed by atoms with Crippen molar-refractivity contribution in [1.82, 2.24) is 0 Å². The number of allylic oxidation sites excluding steroid dienone is 1. The minimum Gasteiger partial charge on any atom is -0.496 e. The Morgan fingerprint density at radius 2 is 1.48 bits per heavy atom. The maximum absolute atomic E-state index is 12.2. The van der Waals surface area contributed by atoms with Gasteiger partial charge in [-0.05, 0) is 53.9 Å². The van der Waals surface area contributed by atoms with Crippen molar-refractivity contribution in [3.63, 3.8) is 0 Å². The maximum Gasteiger partial charge on any atom is 0.274 e. The zero-order chi connectivity index (χ0) is 23.4. The first-order valence-electron chi connectivity index (χ1n) is 12.3. The molecule has 1 N–H and O–H groups in total. The molecule has 3 aliphatic carbocycles. The Labute approximate surface area is 200 Å². The molecule has 0 radical (unpaired) electrons. The van der Waals surface area contributed by atoms with Crippen molar-refractivity contribution in [2.75, 3.05) is 14.2 Å². The monoisotopic (exact) mass is 492 g/mol. The van der Waals surface area contributed by atoms with E-state index in [1.807, 2.05) is 6.07 Å². The zero-order valence-electron chi connectivity index (χ0n) is 19.8. The summed E-state index contributed by atoms with van der Waals surface area (Å²) in [5.41, 5.74) is 3.19. The summed E-state index contributed by atoms with van der Waals surface area (Å²) in [7, 11) is -1.63. The van der Waals surface area contributed by atoms with Crippen molar-refractivity contribution >= 4 is 28.9 Å². The molecule has 2 unspecified atom stereocenters. The minimum absolute atomic E-state index is 0.409. The fourth-order valence-electron chi connectivity index (χ4n) is 5.99.